The Balaban J connectivity index is 1.55. The minimum absolute atomic E-state index is 0.252. The molecule has 4 heterocycles. The van der Waals surface area contributed by atoms with Crippen LogP contribution in [-0.4, -0.2) is 33.7 Å². The Morgan fingerprint density at radius 1 is 1.07 bits per heavy atom. The van der Waals surface area contributed by atoms with Gasteiger partial charge in [-0.25, -0.2) is 0 Å². The lowest BCUT2D eigenvalue weighted by atomic mass is 9.70. The fourth-order valence-corrected chi connectivity index (χ4v) is 6.19. The molecule has 5 atom stereocenters. The maximum absolute atomic E-state index is 11.7. The summed E-state index contributed by atoms with van der Waals surface area (Å²) in [4.78, 5) is 4.51. The standard InChI is InChI=1S/C26H31N2O/c1-2-20-18-28(17-19-8-4-3-5-9-19)15-13-21(20)16-25(28)26(29)23-12-14-27-24-11-7-6-10-22(23)24/h3-12,14,20-21,25-26,29H,2,13,15-18H2,1H3/q+1/t20?,21?,25-,26-,28?/m1/s1. The highest BCUT2D eigenvalue weighted by Crippen LogP contribution is 2.48. The van der Waals surface area contributed by atoms with Gasteiger partial charge in [0.05, 0.1) is 18.6 Å². The predicted molar refractivity (Wildman–Crippen MR) is 117 cm³/mol. The number of fused-ring (bicyclic) bond motifs is 4. The summed E-state index contributed by atoms with van der Waals surface area (Å²) in [7, 11) is 0. The number of quaternary nitrogens is 1. The molecule has 3 aliphatic rings. The molecule has 3 fully saturated rings. The van der Waals surface area contributed by atoms with Gasteiger partial charge in [-0.1, -0.05) is 55.5 Å². The Hall–Kier alpha value is -2.23. The van der Waals surface area contributed by atoms with E-state index < -0.39 is 6.10 Å². The van der Waals surface area contributed by atoms with Gasteiger partial charge < -0.3 is 9.59 Å². The fourth-order valence-electron chi connectivity index (χ4n) is 6.19. The molecule has 0 radical (unpaired) electrons. The highest BCUT2D eigenvalue weighted by Gasteiger charge is 2.54. The molecule has 3 aliphatic heterocycles. The molecule has 29 heavy (non-hydrogen) atoms. The minimum Gasteiger partial charge on any atom is -0.382 e. The monoisotopic (exact) mass is 387 g/mol. The Labute approximate surface area is 173 Å². The number of benzene rings is 2. The molecule has 0 spiro atoms. The van der Waals surface area contributed by atoms with Gasteiger partial charge in [0.2, 0.25) is 0 Å². The van der Waals surface area contributed by atoms with E-state index in [1.807, 2.05) is 24.4 Å². The first-order chi connectivity index (χ1) is 14.2. The number of pyridine rings is 1. The van der Waals surface area contributed by atoms with Crippen LogP contribution in [0, 0.1) is 11.8 Å². The third-order valence-corrected chi connectivity index (χ3v) is 7.69. The molecule has 2 aromatic carbocycles. The molecule has 1 aromatic heterocycles. The predicted octanol–water partition coefficient (Wildman–Crippen LogP) is 5.10. The van der Waals surface area contributed by atoms with Crippen molar-refractivity contribution >= 4 is 10.9 Å². The molecule has 0 aliphatic carbocycles. The van der Waals surface area contributed by atoms with E-state index in [1.54, 1.807) is 0 Å². The van der Waals surface area contributed by atoms with Crippen molar-refractivity contribution in [2.24, 2.45) is 11.8 Å². The van der Waals surface area contributed by atoms with Gasteiger partial charge in [0.25, 0.3) is 0 Å². The van der Waals surface area contributed by atoms with Gasteiger partial charge >= 0.3 is 0 Å². The number of nitrogens with zero attached hydrogens (tertiary/aromatic N) is 2. The fraction of sp³-hybridized carbons (Fsp3) is 0.423. The zero-order valence-corrected chi connectivity index (χ0v) is 17.2. The largest absolute Gasteiger partial charge is 0.382 e. The van der Waals surface area contributed by atoms with E-state index in [4.69, 9.17) is 0 Å². The van der Waals surface area contributed by atoms with Crippen molar-refractivity contribution in [3.05, 3.63) is 78.0 Å². The average molecular weight is 388 g/mol. The van der Waals surface area contributed by atoms with Gasteiger partial charge in [0, 0.05) is 35.9 Å². The van der Waals surface area contributed by atoms with Crippen molar-refractivity contribution in [1.29, 1.82) is 0 Å². The third-order valence-electron chi connectivity index (χ3n) is 7.69. The number of aromatic nitrogens is 1. The van der Waals surface area contributed by atoms with Gasteiger partial charge in [-0.05, 0) is 30.0 Å². The van der Waals surface area contributed by atoms with Crippen LogP contribution in [-0.2, 0) is 6.54 Å². The molecule has 3 heteroatoms. The summed E-state index contributed by atoms with van der Waals surface area (Å²) >= 11 is 0. The minimum atomic E-state index is -0.452. The molecular formula is C26H31N2O+. The second-order valence-corrected chi connectivity index (χ2v) is 9.15. The van der Waals surface area contributed by atoms with Crippen molar-refractivity contribution in [3.63, 3.8) is 0 Å². The van der Waals surface area contributed by atoms with Gasteiger partial charge in [-0.3, -0.25) is 4.98 Å². The van der Waals surface area contributed by atoms with E-state index in [1.165, 1.54) is 31.5 Å². The number of piperidine rings is 3. The highest BCUT2D eigenvalue weighted by molar-refractivity contribution is 5.82. The summed E-state index contributed by atoms with van der Waals surface area (Å²) in [6.45, 7) is 5.74. The first kappa shape index (κ1) is 18.8. The van der Waals surface area contributed by atoms with Crippen LogP contribution in [0.2, 0.25) is 0 Å². The summed E-state index contributed by atoms with van der Waals surface area (Å²) in [5.74, 6) is 1.54. The molecule has 0 amide bonds. The first-order valence-corrected chi connectivity index (χ1v) is 11.1. The van der Waals surface area contributed by atoms with E-state index in [-0.39, 0.29) is 6.04 Å². The van der Waals surface area contributed by atoms with Gasteiger partial charge in [0.1, 0.15) is 18.7 Å². The SMILES string of the molecule is CCC1C[N+]2(Cc3ccccc3)CCC1C[C@@H]2[C@H](O)c1ccnc2ccccc12. The van der Waals surface area contributed by atoms with Crippen LogP contribution in [0.15, 0.2) is 66.9 Å². The Bertz CT molecular complexity index is 983. The van der Waals surface area contributed by atoms with Crippen LogP contribution < -0.4 is 0 Å². The van der Waals surface area contributed by atoms with Crippen molar-refractivity contribution in [2.45, 2.75) is 44.9 Å². The summed E-state index contributed by atoms with van der Waals surface area (Å²) in [5.41, 5.74) is 3.41. The summed E-state index contributed by atoms with van der Waals surface area (Å²) in [5, 5.41) is 12.8. The van der Waals surface area contributed by atoms with Crippen molar-refractivity contribution in [1.82, 2.24) is 4.98 Å². The molecule has 2 bridgehead atoms. The van der Waals surface area contributed by atoms with Crippen LogP contribution >= 0.6 is 0 Å². The second kappa shape index (κ2) is 7.55. The maximum Gasteiger partial charge on any atom is 0.131 e. The van der Waals surface area contributed by atoms with Crippen molar-refractivity contribution in [2.75, 3.05) is 13.1 Å². The first-order valence-electron chi connectivity index (χ1n) is 11.1. The topological polar surface area (TPSA) is 33.1 Å². The maximum atomic E-state index is 11.7. The number of hydrogen-bond acceptors (Lipinski definition) is 2. The van der Waals surface area contributed by atoms with Crippen LogP contribution in [0.5, 0.6) is 0 Å². The number of para-hydroxylation sites is 1. The molecular weight excluding hydrogens is 356 g/mol. The van der Waals surface area contributed by atoms with E-state index in [0.29, 0.717) is 0 Å². The van der Waals surface area contributed by atoms with E-state index in [2.05, 4.69) is 54.4 Å². The molecule has 0 saturated carbocycles. The summed E-state index contributed by atoms with van der Waals surface area (Å²) in [6, 6.07) is 21.4. The molecule has 3 saturated heterocycles. The quantitative estimate of drug-likeness (QED) is 0.618. The van der Waals surface area contributed by atoms with Gasteiger partial charge in [0.15, 0.2) is 0 Å². The Kier molecular flexibility index (Phi) is 4.89. The van der Waals surface area contributed by atoms with Crippen molar-refractivity contribution < 1.29 is 9.59 Å². The van der Waals surface area contributed by atoms with E-state index in [0.717, 1.165) is 45.8 Å². The number of rotatable bonds is 5. The molecule has 150 valence electrons. The molecule has 1 N–H and O–H groups in total. The van der Waals surface area contributed by atoms with Gasteiger partial charge in [-0.2, -0.15) is 0 Å². The number of aliphatic hydroxyl groups is 1. The molecule has 3 nitrogen and oxygen atoms in total. The second-order valence-electron chi connectivity index (χ2n) is 9.15. The third kappa shape index (κ3) is 3.27. The molecule has 3 unspecified atom stereocenters. The molecule has 3 aromatic rings. The average Bonchev–Trinajstić information content (AvgIpc) is 2.78. The van der Waals surface area contributed by atoms with Crippen LogP contribution in [0.25, 0.3) is 10.9 Å². The van der Waals surface area contributed by atoms with Gasteiger partial charge in [-0.15, -0.1) is 0 Å². The Morgan fingerprint density at radius 3 is 2.69 bits per heavy atom. The summed E-state index contributed by atoms with van der Waals surface area (Å²) in [6.07, 6.45) is 5.08. The smallest absolute Gasteiger partial charge is 0.131 e. The number of aliphatic hydroxyl groups excluding tert-OH is 1. The van der Waals surface area contributed by atoms with Crippen molar-refractivity contribution in [3.8, 4) is 0 Å². The number of hydrogen-bond donors (Lipinski definition) is 1. The summed E-state index contributed by atoms with van der Waals surface area (Å²) < 4.78 is 1.02. The zero-order chi connectivity index (χ0) is 19.8. The highest BCUT2D eigenvalue weighted by atomic mass is 16.3. The lowest BCUT2D eigenvalue weighted by Gasteiger charge is -2.58. The van der Waals surface area contributed by atoms with Crippen LogP contribution in [0.4, 0.5) is 0 Å². The Morgan fingerprint density at radius 2 is 1.86 bits per heavy atom. The lowest BCUT2D eigenvalue weighted by Crippen LogP contribution is -2.67. The zero-order valence-electron chi connectivity index (χ0n) is 17.2. The van der Waals surface area contributed by atoms with Crippen LogP contribution in [0.1, 0.15) is 43.4 Å². The van der Waals surface area contributed by atoms with E-state index in [9.17, 15) is 5.11 Å². The van der Waals surface area contributed by atoms with E-state index >= 15 is 0 Å². The lowest BCUT2D eigenvalue weighted by molar-refractivity contribution is -0.985. The molecule has 6 rings (SSSR count). The normalized spacial score (nSPS) is 29.8. The van der Waals surface area contributed by atoms with Crippen LogP contribution in [0.3, 0.4) is 0 Å².